The zero-order chi connectivity index (χ0) is 9.26. The molecule has 1 aromatic carbocycles. The molecule has 2 aromatic rings. The van der Waals surface area contributed by atoms with Gasteiger partial charge in [0.05, 0.1) is 0 Å². The summed E-state index contributed by atoms with van der Waals surface area (Å²) in [6.45, 7) is 0. The fourth-order valence-corrected chi connectivity index (χ4v) is 1.41. The Balaban J connectivity index is 2.76. The van der Waals surface area contributed by atoms with E-state index >= 15 is 0 Å². The third-order valence-electron chi connectivity index (χ3n) is 2.04. The van der Waals surface area contributed by atoms with Gasteiger partial charge in [-0.05, 0) is 6.07 Å². The van der Waals surface area contributed by atoms with Crippen molar-refractivity contribution < 1.29 is 4.37 Å². The van der Waals surface area contributed by atoms with Crippen LogP contribution in [0.1, 0.15) is 0 Å². The van der Waals surface area contributed by atoms with Gasteiger partial charge in [-0.15, -0.1) is 0 Å². The molecule has 1 heterocycles. The number of hydrogen-bond acceptors (Lipinski definition) is 1. The summed E-state index contributed by atoms with van der Waals surface area (Å²) in [6, 6.07) is 10.2. The van der Waals surface area contributed by atoms with E-state index in [9.17, 15) is 0 Å². The highest BCUT2D eigenvalue weighted by Crippen LogP contribution is 2.28. The van der Waals surface area contributed by atoms with Gasteiger partial charge >= 0.3 is 0 Å². The summed E-state index contributed by atoms with van der Waals surface area (Å²) in [5.74, 6) is 1.08. The quantitative estimate of drug-likeness (QED) is 0.607. The minimum Gasteiger partial charge on any atom is -0.574 e. The maximum atomic E-state index is 4.34. The van der Waals surface area contributed by atoms with Crippen LogP contribution in [0.4, 0.5) is 0 Å². The van der Waals surface area contributed by atoms with Crippen LogP contribution >= 0.6 is 0 Å². The number of para-hydroxylation sites is 1. The van der Waals surface area contributed by atoms with Crippen molar-refractivity contribution in [2.45, 2.75) is 0 Å². The number of rotatable bonds is 1. The van der Waals surface area contributed by atoms with Gasteiger partial charge in [-0.25, -0.2) is 4.98 Å². The van der Waals surface area contributed by atoms with Gasteiger partial charge in [0, 0.05) is 17.6 Å². The van der Waals surface area contributed by atoms with Crippen molar-refractivity contribution in [3.63, 3.8) is 0 Å². The Morgan fingerprint density at radius 3 is 2.62 bits per heavy atom. The second-order valence-electron chi connectivity index (χ2n) is 3.15. The Labute approximate surface area is 77.5 Å². The molecule has 2 rings (SSSR count). The van der Waals surface area contributed by atoms with Crippen LogP contribution in [-0.2, 0) is 4.37 Å². The fourth-order valence-electron chi connectivity index (χ4n) is 1.41. The summed E-state index contributed by atoms with van der Waals surface area (Å²) >= 11 is 0. The van der Waals surface area contributed by atoms with Crippen molar-refractivity contribution in [1.82, 2.24) is 4.98 Å². The highest BCUT2D eigenvalue weighted by atomic mass is 16.7. The molecule has 0 N–H and O–H groups in total. The minimum absolute atomic E-state index is 1.03. The number of fused-ring (bicyclic) bond motifs is 1. The predicted octanol–water partition coefficient (Wildman–Crippen LogP) is 2.76. The van der Waals surface area contributed by atoms with E-state index in [1.807, 2.05) is 38.6 Å². The lowest BCUT2D eigenvalue weighted by atomic mass is 10.2. The maximum Gasteiger partial charge on any atom is 0.281 e. The Hall–Kier alpha value is -1.57. The molecule has 0 unspecified atom stereocenters. The van der Waals surface area contributed by atoms with Gasteiger partial charge in [-0.1, -0.05) is 18.2 Å². The average molecular weight is 174 g/mol. The van der Waals surface area contributed by atoms with E-state index in [2.05, 4.69) is 21.5 Å². The first-order chi connectivity index (χ1) is 6.29. The van der Waals surface area contributed by atoms with Crippen LogP contribution in [0.5, 0.6) is 5.75 Å². The van der Waals surface area contributed by atoms with E-state index in [1.54, 1.807) is 0 Å². The first-order valence-electron chi connectivity index (χ1n) is 4.20. The molecule has 0 atom stereocenters. The van der Waals surface area contributed by atoms with Crippen LogP contribution < -0.4 is 0 Å². The van der Waals surface area contributed by atoms with E-state index in [1.165, 1.54) is 5.39 Å². The second-order valence-corrected chi connectivity index (χ2v) is 3.15. The largest absolute Gasteiger partial charge is 0.574 e. The highest BCUT2D eigenvalue weighted by Gasteiger charge is 2.07. The summed E-state index contributed by atoms with van der Waals surface area (Å²) in [6.07, 6.45) is 1.82. The maximum absolute atomic E-state index is 4.34. The molecule has 0 saturated heterocycles. The average Bonchev–Trinajstić information content (AvgIpc) is 2.17. The number of hydrogen-bond donors (Lipinski definition) is 0. The molecule has 0 aliphatic heterocycles. The standard InChI is InChI=1S/C11H12NO/c1-13(2)10-7-3-5-9-6-4-8-12-11(9)10/h3-8H,1-2H3/q+1. The molecule has 2 heteroatoms. The van der Waals surface area contributed by atoms with E-state index < -0.39 is 0 Å². The van der Waals surface area contributed by atoms with E-state index in [0.717, 1.165) is 11.3 Å². The Morgan fingerprint density at radius 2 is 1.85 bits per heavy atom. The molecular weight excluding hydrogens is 162 g/mol. The van der Waals surface area contributed by atoms with Gasteiger partial charge in [-0.3, -0.25) is 0 Å². The van der Waals surface area contributed by atoms with Gasteiger partial charge < -0.3 is 4.37 Å². The third-order valence-corrected chi connectivity index (χ3v) is 2.04. The third kappa shape index (κ3) is 1.35. The predicted molar refractivity (Wildman–Crippen MR) is 54.1 cm³/mol. The number of nitrogens with zero attached hydrogens (tertiary/aromatic N) is 1. The molecule has 13 heavy (non-hydrogen) atoms. The lowest BCUT2D eigenvalue weighted by molar-refractivity contribution is 0.0518. The molecule has 0 amide bonds. The van der Waals surface area contributed by atoms with Crippen LogP contribution in [0.3, 0.4) is 0 Å². The van der Waals surface area contributed by atoms with E-state index in [4.69, 9.17) is 0 Å². The summed E-state index contributed by atoms with van der Waals surface area (Å²) < 4.78 is 2.85. The highest BCUT2D eigenvalue weighted by molar-refractivity contribution is 5.84. The molecule has 0 aliphatic rings. The molecule has 1 aromatic heterocycles. The summed E-state index contributed by atoms with van der Waals surface area (Å²) in [4.78, 5) is 4.34. The van der Waals surface area contributed by atoms with Crippen molar-refractivity contribution in [1.29, 1.82) is 0 Å². The molecule has 66 valence electrons. The topological polar surface area (TPSA) is 15.6 Å². The summed E-state index contributed by atoms with van der Waals surface area (Å²) in [5.41, 5.74) is 1.03. The zero-order valence-electron chi connectivity index (χ0n) is 7.82. The first-order valence-corrected chi connectivity index (χ1v) is 4.20. The van der Waals surface area contributed by atoms with Gasteiger partial charge in [0.25, 0.3) is 5.75 Å². The van der Waals surface area contributed by atoms with Crippen molar-refractivity contribution in [3.8, 4) is 5.75 Å². The van der Waals surface area contributed by atoms with Gasteiger partial charge in [0.15, 0.2) is 19.7 Å². The molecule has 0 fully saturated rings. The number of pyridine rings is 1. The zero-order valence-corrected chi connectivity index (χ0v) is 7.82. The monoisotopic (exact) mass is 174 g/mol. The van der Waals surface area contributed by atoms with Gasteiger partial charge in [0.1, 0.15) is 0 Å². The van der Waals surface area contributed by atoms with Crippen molar-refractivity contribution in [2.24, 2.45) is 0 Å². The van der Waals surface area contributed by atoms with Crippen LogP contribution in [-0.4, -0.2) is 19.2 Å². The Bertz CT molecular complexity index is 418. The SMILES string of the molecule is C[O+](C)c1cccc2cccnc12. The van der Waals surface area contributed by atoms with Gasteiger partial charge in [0.2, 0.25) is 0 Å². The van der Waals surface area contributed by atoms with Crippen LogP contribution in [0.2, 0.25) is 0 Å². The number of aromatic nitrogens is 1. The molecule has 2 nitrogen and oxygen atoms in total. The van der Waals surface area contributed by atoms with Crippen LogP contribution in [0.15, 0.2) is 36.5 Å². The molecule has 0 saturated carbocycles. The normalized spacial score (nSPS) is 10.3. The Morgan fingerprint density at radius 1 is 1.08 bits per heavy atom. The van der Waals surface area contributed by atoms with Crippen LogP contribution in [0, 0.1) is 0 Å². The summed E-state index contributed by atoms with van der Waals surface area (Å²) in [7, 11) is 3.90. The fraction of sp³-hybridized carbons (Fsp3) is 0.182. The molecule has 0 spiro atoms. The van der Waals surface area contributed by atoms with Crippen molar-refractivity contribution >= 4 is 10.9 Å². The molecule has 0 radical (unpaired) electrons. The molecule has 0 bridgehead atoms. The lowest BCUT2D eigenvalue weighted by Crippen LogP contribution is -1.93. The summed E-state index contributed by atoms with van der Waals surface area (Å²) in [5, 5.41) is 1.17. The van der Waals surface area contributed by atoms with Crippen molar-refractivity contribution in [3.05, 3.63) is 36.5 Å². The smallest absolute Gasteiger partial charge is 0.281 e. The number of benzene rings is 1. The minimum atomic E-state index is 1.03. The van der Waals surface area contributed by atoms with E-state index in [-0.39, 0.29) is 0 Å². The van der Waals surface area contributed by atoms with Crippen molar-refractivity contribution in [2.75, 3.05) is 14.2 Å². The second kappa shape index (κ2) is 3.05. The molecular formula is C11H12NO+. The van der Waals surface area contributed by atoms with Gasteiger partial charge in [-0.2, -0.15) is 0 Å². The molecule has 0 aliphatic carbocycles. The Kier molecular flexibility index (Phi) is 1.89. The van der Waals surface area contributed by atoms with Crippen LogP contribution in [0.25, 0.3) is 10.9 Å². The van der Waals surface area contributed by atoms with E-state index in [0.29, 0.717) is 0 Å². The lowest BCUT2D eigenvalue weighted by Gasteiger charge is -2.13. The first kappa shape index (κ1) is 8.05.